The fourth-order valence-corrected chi connectivity index (χ4v) is 4.10. The molecule has 10 atom stereocenters. The lowest BCUT2D eigenvalue weighted by Gasteiger charge is -2.44. The fraction of sp³-hybridized carbons (Fsp3) is 0.812. The lowest BCUT2D eigenvalue weighted by molar-refractivity contribution is -0.346. The standard InChI is InChI=1S/C16H24O11/c1-16(24)2-6(18)8-5(13(22)23)4-25-14(9(8)16)27-15-12(21)11(20)10(19)7(3-17)26-15/h4,6-12,14-15,17-21,24H,2-3H2,1H3,(H,22,23)/t6-,7-,8+,9-,10-,11+,12-,14+,15+,16+/m0/s1. The normalized spacial score (nSPS) is 49.9. The second-order valence-electron chi connectivity index (χ2n) is 7.40. The van der Waals surface area contributed by atoms with Gasteiger partial charge in [0.1, 0.15) is 24.4 Å². The van der Waals surface area contributed by atoms with Gasteiger partial charge in [-0.2, -0.15) is 0 Å². The predicted molar refractivity (Wildman–Crippen MR) is 83.7 cm³/mol. The molecule has 11 heteroatoms. The third kappa shape index (κ3) is 3.45. The quantitative estimate of drug-likeness (QED) is 0.256. The van der Waals surface area contributed by atoms with Gasteiger partial charge in [-0.3, -0.25) is 0 Å². The molecule has 0 unspecified atom stereocenters. The van der Waals surface area contributed by atoms with Crippen molar-refractivity contribution in [2.45, 2.75) is 62.0 Å². The number of carbonyl (C=O) groups is 1. The third-order valence-corrected chi connectivity index (χ3v) is 5.49. The van der Waals surface area contributed by atoms with E-state index in [1.54, 1.807) is 0 Å². The average molecular weight is 392 g/mol. The van der Waals surface area contributed by atoms with Crippen molar-refractivity contribution in [2.24, 2.45) is 11.8 Å². The molecule has 7 N–H and O–H groups in total. The molecule has 0 radical (unpaired) electrons. The van der Waals surface area contributed by atoms with Crippen LogP contribution in [0.15, 0.2) is 11.8 Å². The Bertz CT molecular complexity index is 603. The predicted octanol–water partition coefficient (Wildman–Crippen LogP) is -3.12. The van der Waals surface area contributed by atoms with Crippen molar-refractivity contribution in [3.8, 4) is 0 Å². The molecule has 3 aliphatic rings. The first-order chi connectivity index (χ1) is 12.6. The molecule has 2 heterocycles. The maximum absolute atomic E-state index is 11.4. The number of hydrogen-bond donors (Lipinski definition) is 7. The zero-order valence-electron chi connectivity index (χ0n) is 14.5. The summed E-state index contributed by atoms with van der Waals surface area (Å²) in [7, 11) is 0. The van der Waals surface area contributed by atoms with Crippen LogP contribution in [0, 0.1) is 11.8 Å². The average Bonchev–Trinajstić information content (AvgIpc) is 2.85. The number of carboxylic acid groups (broad SMARTS) is 1. The van der Waals surface area contributed by atoms with Crippen LogP contribution in [0.1, 0.15) is 13.3 Å². The minimum atomic E-state index is -1.69. The van der Waals surface area contributed by atoms with E-state index in [1.807, 2.05) is 0 Å². The van der Waals surface area contributed by atoms with Gasteiger partial charge in [-0.05, 0) is 6.92 Å². The van der Waals surface area contributed by atoms with Crippen LogP contribution in [0.5, 0.6) is 0 Å². The zero-order chi connectivity index (χ0) is 20.1. The summed E-state index contributed by atoms with van der Waals surface area (Å²) in [5.41, 5.74) is -1.77. The SMILES string of the molecule is C[C@@]1(O)C[C@H](O)[C@H]2C(C(=O)O)=CO[C@H](O[C@H]3O[C@@H](CO)[C@H](O)[C@@H](O)[C@@H]3O)[C@H]21. The van der Waals surface area contributed by atoms with Gasteiger partial charge >= 0.3 is 5.97 Å². The summed E-state index contributed by atoms with van der Waals surface area (Å²) >= 11 is 0. The molecule has 1 saturated heterocycles. The highest BCUT2D eigenvalue weighted by atomic mass is 16.8. The van der Waals surface area contributed by atoms with Crippen LogP contribution in [0.4, 0.5) is 0 Å². The zero-order valence-corrected chi connectivity index (χ0v) is 14.5. The molecule has 0 aromatic heterocycles. The number of hydrogen-bond acceptors (Lipinski definition) is 10. The van der Waals surface area contributed by atoms with Crippen molar-refractivity contribution in [1.29, 1.82) is 0 Å². The van der Waals surface area contributed by atoms with Crippen LogP contribution in [0.25, 0.3) is 0 Å². The second-order valence-corrected chi connectivity index (χ2v) is 7.40. The van der Waals surface area contributed by atoms with E-state index >= 15 is 0 Å². The third-order valence-electron chi connectivity index (χ3n) is 5.49. The monoisotopic (exact) mass is 392 g/mol. The maximum atomic E-state index is 11.4. The molecule has 0 aromatic carbocycles. The molecule has 0 bridgehead atoms. The maximum Gasteiger partial charge on any atom is 0.335 e. The lowest BCUT2D eigenvalue weighted by Crippen LogP contribution is -2.60. The Balaban J connectivity index is 1.85. The van der Waals surface area contributed by atoms with E-state index in [2.05, 4.69) is 0 Å². The Morgan fingerprint density at radius 1 is 1.22 bits per heavy atom. The number of aliphatic hydroxyl groups excluding tert-OH is 5. The van der Waals surface area contributed by atoms with Crippen molar-refractivity contribution < 1.29 is 54.8 Å². The van der Waals surface area contributed by atoms with E-state index in [0.717, 1.165) is 6.26 Å². The highest BCUT2D eigenvalue weighted by Gasteiger charge is 2.59. The number of aliphatic hydroxyl groups is 6. The summed E-state index contributed by atoms with van der Waals surface area (Å²) in [5.74, 6) is -3.30. The van der Waals surface area contributed by atoms with E-state index in [0.29, 0.717) is 0 Å². The van der Waals surface area contributed by atoms with Crippen molar-refractivity contribution in [1.82, 2.24) is 0 Å². The number of ether oxygens (including phenoxy) is 3. The highest BCUT2D eigenvalue weighted by molar-refractivity contribution is 5.87. The van der Waals surface area contributed by atoms with Gasteiger partial charge in [0, 0.05) is 12.3 Å². The summed E-state index contributed by atoms with van der Waals surface area (Å²) < 4.78 is 16.1. The Labute approximate surface area is 154 Å². The first kappa shape index (κ1) is 20.4. The first-order valence-corrected chi connectivity index (χ1v) is 8.53. The molecule has 154 valence electrons. The molecule has 2 aliphatic heterocycles. The van der Waals surface area contributed by atoms with Crippen LogP contribution < -0.4 is 0 Å². The van der Waals surface area contributed by atoms with E-state index in [-0.39, 0.29) is 12.0 Å². The molecule has 1 saturated carbocycles. The smallest absolute Gasteiger partial charge is 0.335 e. The van der Waals surface area contributed by atoms with Crippen molar-refractivity contribution in [2.75, 3.05) is 6.61 Å². The summed E-state index contributed by atoms with van der Waals surface area (Å²) in [6, 6.07) is 0. The van der Waals surface area contributed by atoms with Crippen LogP contribution in [0.2, 0.25) is 0 Å². The Morgan fingerprint density at radius 3 is 2.48 bits per heavy atom. The van der Waals surface area contributed by atoms with Crippen LogP contribution in [-0.4, -0.2) is 97.0 Å². The van der Waals surface area contributed by atoms with Gasteiger partial charge in [-0.25, -0.2) is 4.79 Å². The fourth-order valence-electron chi connectivity index (χ4n) is 4.10. The number of fused-ring (bicyclic) bond motifs is 1. The van der Waals surface area contributed by atoms with Crippen LogP contribution in [-0.2, 0) is 19.0 Å². The summed E-state index contributed by atoms with van der Waals surface area (Å²) in [4.78, 5) is 11.4. The topological polar surface area (TPSA) is 186 Å². The molecular weight excluding hydrogens is 368 g/mol. The van der Waals surface area contributed by atoms with Gasteiger partial charge in [0.05, 0.1) is 36.1 Å². The van der Waals surface area contributed by atoms with Crippen molar-refractivity contribution in [3.05, 3.63) is 11.8 Å². The summed E-state index contributed by atoms with van der Waals surface area (Å²) in [6.07, 6.45) is -9.34. The molecule has 11 nitrogen and oxygen atoms in total. The van der Waals surface area contributed by atoms with Gasteiger partial charge in [0.2, 0.25) is 6.29 Å². The van der Waals surface area contributed by atoms with Crippen LogP contribution in [0.3, 0.4) is 0 Å². The Morgan fingerprint density at radius 2 is 1.89 bits per heavy atom. The van der Waals surface area contributed by atoms with Gasteiger partial charge < -0.3 is 50.0 Å². The molecule has 0 amide bonds. The van der Waals surface area contributed by atoms with E-state index in [9.17, 15) is 40.5 Å². The number of carboxylic acids is 1. The minimum Gasteiger partial charge on any atom is -0.478 e. The number of aliphatic carboxylic acids is 1. The lowest BCUT2D eigenvalue weighted by atomic mass is 9.81. The molecule has 27 heavy (non-hydrogen) atoms. The largest absolute Gasteiger partial charge is 0.478 e. The molecule has 0 spiro atoms. The number of rotatable bonds is 4. The van der Waals surface area contributed by atoms with E-state index < -0.39 is 73.1 Å². The van der Waals surface area contributed by atoms with E-state index in [4.69, 9.17) is 14.2 Å². The van der Waals surface area contributed by atoms with Crippen molar-refractivity contribution in [3.63, 3.8) is 0 Å². The highest BCUT2D eigenvalue weighted by Crippen LogP contribution is 2.49. The molecule has 0 aromatic rings. The second kappa shape index (κ2) is 7.26. The van der Waals surface area contributed by atoms with Gasteiger partial charge in [-0.1, -0.05) is 0 Å². The molecule has 2 fully saturated rings. The van der Waals surface area contributed by atoms with Gasteiger partial charge in [0.15, 0.2) is 6.29 Å². The van der Waals surface area contributed by atoms with E-state index in [1.165, 1.54) is 6.92 Å². The van der Waals surface area contributed by atoms with Gasteiger partial charge in [0.25, 0.3) is 0 Å². The Kier molecular flexibility index (Phi) is 5.49. The summed E-state index contributed by atoms with van der Waals surface area (Å²) in [5, 5.41) is 69.2. The molecule has 3 rings (SSSR count). The minimum absolute atomic E-state index is 0.120. The van der Waals surface area contributed by atoms with Crippen LogP contribution >= 0.6 is 0 Å². The molecular formula is C16H24O11. The summed E-state index contributed by atoms with van der Waals surface area (Å²) in [6.45, 7) is 0.751. The molecule has 1 aliphatic carbocycles. The van der Waals surface area contributed by atoms with Crippen molar-refractivity contribution >= 4 is 5.97 Å². The first-order valence-electron chi connectivity index (χ1n) is 8.53. The van der Waals surface area contributed by atoms with Gasteiger partial charge in [-0.15, -0.1) is 0 Å². The Hall–Kier alpha value is -1.31.